The van der Waals surface area contributed by atoms with Crippen LogP contribution in [-0.2, 0) is 4.79 Å². The third-order valence-electron chi connectivity index (χ3n) is 3.22. The molecule has 1 aliphatic rings. The highest BCUT2D eigenvalue weighted by Gasteiger charge is 2.25. The standard InChI is InChI=1S/C14H17FN2O/c15-13-5-3-11(4-6-13)2-1-8-17-9-7-12(10-17)14(16)18/h1-6,12H,7-10H2,(H2,16,18)/b2-1+/t12-/m0/s1. The van der Waals surface area contributed by atoms with Crippen molar-refractivity contribution in [2.45, 2.75) is 6.42 Å². The molecular formula is C14H17FN2O. The van der Waals surface area contributed by atoms with Crippen LogP contribution < -0.4 is 5.73 Å². The van der Waals surface area contributed by atoms with Crippen LogP contribution in [0.2, 0.25) is 0 Å². The highest BCUT2D eigenvalue weighted by Crippen LogP contribution is 2.15. The first-order chi connectivity index (χ1) is 8.65. The van der Waals surface area contributed by atoms with Crippen molar-refractivity contribution in [3.63, 3.8) is 0 Å². The fourth-order valence-corrected chi connectivity index (χ4v) is 2.14. The van der Waals surface area contributed by atoms with Crippen LogP contribution in [0, 0.1) is 11.7 Å². The molecule has 1 aromatic carbocycles. The summed E-state index contributed by atoms with van der Waals surface area (Å²) in [7, 11) is 0. The molecule has 2 N–H and O–H groups in total. The summed E-state index contributed by atoms with van der Waals surface area (Å²) in [5.41, 5.74) is 6.25. The van der Waals surface area contributed by atoms with Crippen LogP contribution in [0.1, 0.15) is 12.0 Å². The van der Waals surface area contributed by atoms with Crippen LogP contribution in [0.3, 0.4) is 0 Å². The fourth-order valence-electron chi connectivity index (χ4n) is 2.14. The summed E-state index contributed by atoms with van der Waals surface area (Å²) in [5.74, 6) is -0.444. The lowest BCUT2D eigenvalue weighted by Gasteiger charge is -2.11. The summed E-state index contributed by atoms with van der Waals surface area (Å²) < 4.78 is 12.7. The van der Waals surface area contributed by atoms with Crippen molar-refractivity contribution < 1.29 is 9.18 Å². The van der Waals surface area contributed by atoms with Gasteiger partial charge in [-0.1, -0.05) is 24.3 Å². The number of hydrogen-bond donors (Lipinski definition) is 1. The van der Waals surface area contributed by atoms with E-state index >= 15 is 0 Å². The molecule has 1 aliphatic heterocycles. The van der Waals surface area contributed by atoms with Gasteiger partial charge in [0.05, 0.1) is 5.92 Å². The normalized spacial score (nSPS) is 20.6. The molecule has 96 valence electrons. The Morgan fingerprint density at radius 3 is 2.78 bits per heavy atom. The van der Waals surface area contributed by atoms with E-state index in [1.54, 1.807) is 12.1 Å². The number of nitrogens with zero attached hydrogens (tertiary/aromatic N) is 1. The van der Waals surface area contributed by atoms with Crippen molar-refractivity contribution in [3.8, 4) is 0 Å². The summed E-state index contributed by atoms with van der Waals surface area (Å²) in [6, 6.07) is 6.36. The number of nitrogens with two attached hydrogens (primary N) is 1. The highest BCUT2D eigenvalue weighted by molar-refractivity contribution is 5.77. The number of rotatable bonds is 4. The van der Waals surface area contributed by atoms with Gasteiger partial charge >= 0.3 is 0 Å². The molecule has 0 spiro atoms. The molecular weight excluding hydrogens is 231 g/mol. The molecule has 4 heteroatoms. The van der Waals surface area contributed by atoms with Gasteiger partial charge in [-0.3, -0.25) is 9.69 Å². The zero-order valence-corrected chi connectivity index (χ0v) is 10.2. The predicted octanol–water partition coefficient (Wildman–Crippen LogP) is 1.65. The average molecular weight is 248 g/mol. The van der Waals surface area contributed by atoms with Crippen molar-refractivity contribution in [3.05, 3.63) is 41.7 Å². The second-order valence-electron chi connectivity index (χ2n) is 4.60. The van der Waals surface area contributed by atoms with E-state index in [0.29, 0.717) is 0 Å². The molecule has 18 heavy (non-hydrogen) atoms. The van der Waals surface area contributed by atoms with Crippen LogP contribution >= 0.6 is 0 Å². The smallest absolute Gasteiger partial charge is 0.221 e. The van der Waals surface area contributed by atoms with Gasteiger partial charge in [0.1, 0.15) is 5.82 Å². The van der Waals surface area contributed by atoms with Crippen LogP contribution in [0.15, 0.2) is 30.3 Å². The number of carbonyl (C=O) groups is 1. The SMILES string of the molecule is NC(=O)[C@H]1CCN(C/C=C/c2ccc(F)cc2)C1. The van der Waals surface area contributed by atoms with E-state index in [-0.39, 0.29) is 17.6 Å². The maximum Gasteiger partial charge on any atom is 0.221 e. The number of halogens is 1. The van der Waals surface area contributed by atoms with E-state index in [9.17, 15) is 9.18 Å². The fraction of sp³-hybridized carbons (Fsp3) is 0.357. The first-order valence-corrected chi connectivity index (χ1v) is 6.09. The zero-order chi connectivity index (χ0) is 13.0. The Labute approximate surface area is 106 Å². The van der Waals surface area contributed by atoms with E-state index in [2.05, 4.69) is 4.90 Å². The van der Waals surface area contributed by atoms with Crippen molar-refractivity contribution >= 4 is 12.0 Å². The molecule has 0 bridgehead atoms. The molecule has 1 aromatic rings. The van der Waals surface area contributed by atoms with Crippen molar-refractivity contribution in [2.24, 2.45) is 11.7 Å². The van der Waals surface area contributed by atoms with Crippen LogP contribution in [0.5, 0.6) is 0 Å². The van der Waals surface area contributed by atoms with Gasteiger partial charge in [0.25, 0.3) is 0 Å². The number of primary amides is 1. The van der Waals surface area contributed by atoms with Crippen molar-refractivity contribution in [1.29, 1.82) is 0 Å². The zero-order valence-electron chi connectivity index (χ0n) is 10.2. The minimum atomic E-state index is -0.226. The summed E-state index contributed by atoms with van der Waals surface area (Å²) in [6.07, 6.45) is 4.83. The lowest BCUT2D eigenvalue weighted by atomic mass is 10.1. The maximum atomic E-state index is 12.7. The van der Waals surface area contributed by atoms with E-state index in [4.69, 9.17) is 5.73 Å². The van der Waals surface area contributed by atoms with Gasteiger partial charge < -0.3 is 5.73 Å². The number of benzene rings is 1. The summed E-state index contributed by atoms with van der Waals surface area (Å²) >= 11 is 0. The lowest BCUT2D eigenvalue weighted by molar-refractivity contribution is -0.121. The van der Waals surface area contributed by atoms with Gasteiger partial charge in [0.15, 0.2) is 0 Å². The topological polar surface area (TPSA) is 46.3 Å². The average Bonchev–Trinajstić information content (AvgIpc) is 2.81. The van der Waals surface area contributed by atoms with Gasteiger partial charge in [0.2, 0.25) is 5.91 Å². The van der Waals surface area contributed by atoms with Gasteiger partial charge in [-0.05, 0) is 30.7 Å². The molecule has 0 aromatic heterocycles. The van der Waals surface area contributed by atoms with Gasteiger partial charge in [0, 0.05) is 13.1 Å². The Balaban J connectivity index is 1.82. The van der Waals surface area contributed by atoms with Crippen molar-refractivity contribution in [2.75, 3.05) is 19.6 Å². The largest absolute Gasteiger partial charge is 0.369 e. The van der Waals surface area contributed by atoms with Gasteiger partial charge in [-0.25, -0.2) is 4.39 Å². The van der Waals surface area contributed by atoms with E-state index < -0.39 is 0 Å². The number of hydrogen-bond acceptors (Lipinski definition) is 2. The second kappa shape index (κ2) is 5.78. The third-order valence-corrected chi connectivity index (χ3v) is 3.22. The summed E-state index contributed by atoms with van der Waals surface area (Å²) in [4.78, 5) is 13.2. The predicted molar refractivity (Wildman–Crippen MR) is 69.2 cm³/mol. The van der Waals surface area contributed by atoms with Crippen LogP contribution in [0.25, 0.3) is 6.08 Å². The van der Waals surface area contributed by atoms with E-state index in [0.717, 1.165) is 31.6 Å². The Morgan fingerprint density at radius 2 is 2.17 bits per heavy atom. The van der Waals surface area contributed by atoms with Crippen LogP contribution in [0.4, 0.5) is 4.39 Å². The lowest BCUT2D eigenvalue weighted by Crippen LogP contribution is -2.27. The monoisotopic (exact) mass is 248 g/mol. The van der Waals surface area contributed by atoms with Gasteiger partial charge in [-0.15, -0.1) is 0 Å². The van der Waals surface area contributed by atoms with Gasteiger partial charge in [-0.2, -0.15) is 0 Å². The Kier molecular flexibility index (Phi) is 4.10. The Morgan fingerprint density at radius 1 is 1.44 bits per heavy atom. The first-order valence-electron chi connectivity index (χ1n) is 6.09. The molecule has 0 radical (unpaired) electrons. The molecule has 1 amide bonds. The third kappa shape index (κ3) is 3.40. The Hall–Kier alpha value is -1.68. The minimum Gasteiger partial charge on any atom is -0.369 e. The molecule has 1 fully saturated rings. The molecule has 0 saturated carbocycles. The highest BCUT2D eigenvalue weighted by atomic mass is 19.1. The number of likely N-dealkylation sites (tertiary alicyclic amines) is 1. The molecule has 0 aliphatic carbocycles. The van der Waals surface area contributed by atoms with Crippen LogP contribution in [-0.4, -0.2) is 30.4 Å². The van der Waals surface area contributed by atoms with E-state index in [1.807, 2.05) is 12.2 Å². The summed E-state index contributed by atoms with van der Waals surface area (Å²) in [5, 5.41) is 0. The molecule has 0 unspecified atom stereocenters. The quantitative estimate of drug-likeness (QED) is 0.880. The number of amides is 1. The molecule has 1 saturated heterocycles. The van der Waals surface area contributed by atoms with Crippen molar-refractivity contribution in [1.82, 2.24) is 4.90 Å². The maximum absolute atomic E-state index is 12.7. The number of carbonyl (C=O) groups excluding carboxylic acids is 1. The molecule has 2 rings (SSSR count). The second-order valence-corrected chi connectivity index (χ2v) is 4.60. The molecule has 3 nitrogen and oxygen atoms in total. The minimum absolute atomic E-state index is 0.00998. The Bertz CT molecular complexity index is 442. The van der Waals surface area contributed by atoms with E-state index in [1.165, 1.54) is 12.1 Å². The first kappa shape index (κ1) is 12.8. The molecule has 1 atom stereocenters. The molecule has 1 heterocycles. The summed E-state index contributed by atoms with van der Waals surface area (Å²) in [6.45, 7) is 2.44.